The van der Waals surface area contributed by atoms with Crippen LogP contribution in [0, 0.1) is 0 Å². The number of nitrogens with zero attached hydrogens (tertiary/aromatic N) is 2. The highest BCUT2D eigenvalue weighted by Gasteiger charge is 2.39. The molecule has 0 spiro atoms. The second kappa shape index (κ2) is 13.4. The van der Waals surface area contributed by atoms with Gasteiger partial charge in [0, 0.05) is 24.4 Å². The predicted octanol–water partition coefficient (Wildman–Crippen LogP) is 4.78. The summed E-state index contributed by atoms with van der Waals surface area (Å²) in [5, 5.41) is 9.92. The van der Waals surface area contributed by atoms with Gasteiger partial charge in [-0.3, -0.25) is 9.69 Å². The average molecular weight is 645 g/mol. The molecular formula is C37H36N6O5. The van der Waals surface area contributed by atoms with Crippen LogP contribution < -0.4 is 35.9 Å². The van der Waals surface area contributed by atoms with Gasteiger partial charge in [0.25, 0.3) is 5.56 Å². The number of hydrogen-bond acceptors (Lipinski definition) is 10. The Morgan fingerprint density at radius 2 is 1.56 bits per heavy atom. The summed E-state index contributed by atoms with van der Waals surface area (Å²) < 4.78 is 24.4. The Bertz CT molecular complexity index is 1920. The van der Waals surface area contributed by atoms with Crippen LogP contribution in [0.3, 0.4) is 0 Å². The maximum Gasteiger partial charge on any atom is 0.252 e. The molecule has 2 aliphatic rings. The molecule has 244 valence electrons. The van der Waals surface area contributed by atoms with Gasteiger partial charge in [0.1, 0.15) is 35.3 Å². The Morgan fingerprint density at radius 1 is 0.875 bits per heavy atom. The van der Waals surface area contributed by atoms with Gasteiger partial charge in [-0.2, -0.15) is 0 Å². The van der Waals surface area contributed by atoms with Crippen LogP contribution in [0.25, 0.3) is 0 Å². The number of fused-ring (bicyclic) bond motifs is 1. The van der Waals surface area contributed by atoms with Crippen molar-refractivity contribution >= 4 is 12.2 Å². The number of aliphatic imine (C=N–C) groups is 1. The number of aromatic nitrogens is 1. The molecule has 0 saturated carbocycles. The lowest BCUT2D eigenvalue weighted by molar-refractivity contribution is -0.00778. The zero-order valence-corrected chi connectivity index (χ0v) is 26.6. The highest BCUT2D eigenvalue weighted by molar-refractivity contribution is 5.63. The predicted molar refractivity (Wildman–Crippen MR) is 183 cm³/mol. The van der Waals surface area contributed by atoms with Crippen LogP contribution in [0.1, 0.15) is 28.0 Å². The molecule has 0 aliphatic carbocycles. The van der Waals surface area contributed by atoms with Crippen LogP contribution in [-0.2, 0) is 23.5 Å². The summed E-state index contributed by atoms with van der Waals surface area (Å²) in [6, 6.07) is 33.5. The molecule has 0 amide bonds. The minimum atomic E-state index is -0.974. The fraction of sp³-hybridized carbons (Fsp3) is 0.189. The van der Waals surface area contributed by atoms with Crippen molar-refractivity contribution in [2.24, 2.45) is 4.99 Å². The largest absolute Gasteiger partial charge is 0.497 e. The molecule has 1 fully saturated rings. The molecule has 4 heterocycles. The summed E-state index contributed by atoms with van der Waals surface area (Å²) in [6.07, 6.45) is 2.94. The van der Waals surface area contributed by atoms with Crippen LogP contribution in [0.2, 0.25) is 0 Å². The second-order valence-corrected chi connectivity index (χ2v) is 11.3. The molecule has 1 unspecified atom stereocenters. The van der Waals surface area contributed by atoms with Crippen molar-refractivity contribution in [1.82, 2.24) is 20.9 Å². The third-order valence-electron chi connectivity index (χ3n) is 8.58. The van der Waals surface area contributed by atoms with Gasteiger partial charge in [-0.05, 0) is 53.1 Å². The van der Waals surface area contributed by atoms with E-state index in [9.17, 15) is 4.79 Å². The molecular weight excluding hydrogens is 608 g/mol. The van der Waals surface area contributed by atoms with Gasteiger partial charge in [0.2, 0.25) is 0 Å². The number of aromatic amines is 1. The highest BCUT2D eigenvalue weighted by Crippen LogP contribution is 2.42. The van der Waals surface area contributed by atoms with Crippen molar-refractivity contribution in [2.75, 3.05) is 25.8 Å². The molecule has 0 radical (unpaired) electrons. The lowest BCUT2D eigenvalue weighted by Gasteiger charge is -2.36. The first-order valence-corrected chi connectivity index (χ1v) is 15.6. The molecule has 2 aliphatic heterocycles. The minimum absolute atomic E-state index is 0.127. The molecule has 48 heavy (non-hydrogen) atoms. The van der Waals surface area contributed by atoms with E-state index in [1.165, 1.54) is 0 Å². The maximum absolute atomic E-state index is 12.2. The van der Waals surface area contributed by atoms with Gasteiger partial charge in [0.15, 0.2) is 12.0 Å². The van der Waals surface area contributed by atoms with Crippen molar-refractivity contribution in [1.29, 1.82) is 0 Å². The SMILES string of the molecule is COc1ccc(C(OCc2ccc(N3CNC4=C(NCc5ccc[nH]c5=O)NC=NC43)o2)(c2ccccc2)c2ccc(OC)cc2)cc1. The summed E-state index contributed by atoms with van der Waals surface area (Å²) in [4.78, 5) is 21.6. The topological polar surface area (TPSA) is 125 Å². The van der Waals surface area contributed by atoms with Crippen molar-refractivity contribution in [3.63, 3.8) is 0 Å². The Labute approximate surface area is 277 Å². The molecule has 3 aromatic carbocycles. The zero-order chi connectivity index (χ0) is 32.9. The van der Waals surface area contributed by atoms with Gasteiger partial charge >= 0.3 is 0 Å². The first kappa shape index (κ1) is 30.7. The molecule has 7 rings (SSSR count). The number of H-pyrrole nitrogens is 1. The van der Waals surface area contributed by atoms with E-state index in [1.54, 1.807) is 38.9 Å². The normalized spacial score (nSPS) is 15.5. The highest BCUT2D eigenvalue weighted by atomic mass is 16.5. The molecule has 2 aromatic heterocycles. The average Bonchev–Trinajstić information content (AvgIpc) is 3.80. The molecule has 5 aromatic rings. The fourth-order valence-corrected chi connectivity index (χ4v) is 6.10. The smallest absolute Gasteiger partial charge is 0.252 e. The Morgan fingerprint density at radius 3 is 2.23 bits per heavy atom. The van der Waals surface area contributed by atoms with E-state index in [2.05, 4.69) is 38.1 Å². The number of nitrogens with one attached hydrogen (secondary N) is 4. The van der Waals surface area contributed by atoms with E-state index in [1.807, 2.05) is 83.8 Å². The van der Waals surface area contributed by atoms with Gasteiger partial charge in [0.05, 0.1) is 32.9 Å². The minimum Gasteiger partial charge on any atom is -0.497 e. The van der Waals surface area contributed by atoms with Crippen LogP contribution in [-0.4, -0.2) is 38.4 Å². The number of benzene rings is 3. The number of hydrogen-bond donors (Lipinski definition) is 4. The number of pyridine rings is 1. The van der Waals surface area contributed by atoms with E-state index in [0.29, 0.717) is 30.4 Å². The van der Waals surface area contributed by atoms with Crippen LogP contribution >= 0.6 is 0 Å². The standard InChI is InChI=1S/C37H36N6O5/c1-45-29-14-10-27(11-15-29)37(26-8-4-3-5-9-26,28-12-16-30(46-2)17-13-28)47-22-31-18-19-32(48-31)43-24-42-33-34(40-23-41-35(33)43)39-21-25-7-6-20-38-36(25)44/h3-20,23,35,39,42H,21-22,24H2,1-2H3,(H,38,44)(H,40,41). The monoisotopic (exact) mass is 644 g/mol. The molecule has 4 N–H and O–H groups in total. The Hall–Kier alpha value is -5.94. The van der Waals surface area contributed by atoms with Crippen molar-refractivity contribution < 1.29 is 18.6 Å². The fourth-order valence-electron chi connectivity index (χ4n) is 6.10. The Kier molecular flexibility index (Phi) is 8.59. The van der Waals surface area contributed by atoms with Crippen molar-refractivity contribution in [3.8, 4) is 11.5 Å². The van der Waals surface area contributed by atoms with Gasteiger partial charge in [-0.15, -0.1) is 0 Å². The number of anilines is 1. The summed E-state index contributed by atoms with van der Waals surface area (Å²) in [5.41, 5.74) is 3.23. The van der Waals surface area contributed by atoms with E-state index in [-0.39, 0.29) is 18.3 Å². The summed E-state index contributed by atoms with van der Waals surface area (Å²) in [5.74, 6) is 3.57. The third kappa shape index (κ3) is 5.87. The molecule has 0 bridgehead atoms. The van der Waals surface area contributed by atoms with E-state index < -0.39 is 5.60 Å². The first-order chi connectivity index (χ1) is 23.6. The van der Waals surface area contributed by atoms with Gasteiger partial charge < -0.3 is 39.6 Å². The molecule has 11 heteroatoms. The second-order valence-electron chi connectivity index (χ2n) is 11.3. The Balaban J connectivity index is 1.16. The lowest BCUT2D eigenvalue weighted by atomic mass is 9.80. The van der Waals surface area contributed by atoms with Crippen LogP contribution in [0.5, 0.6) is 11.5 Å². The maximum atomic E-state index is 12.2. The molecule has 1 atom stereocenters. The van der Waals surface area contributed by atoms with E-state index >= 15 is 0 Å². The van der Waals surface area contributed by atoms with E-state index in [4.69, 9.17) is 18.6 Å². The molecule has 11 nitrogen and oxygen atoms in total. The lowest BCUT2D eigenvalue weighted by Crippen LogP contribution is -2.38. The summed E-state index contributed by atoms with van der Waals surface area (Å²) in [7, 11) is 3.31. The van der Waals surface area contributed by atoms with Gasteiger partial charge in [-0.1, -0.05) is 60.7 Å². The van der Waals surface area contributed by atoms with Crippen molar-refractivity contribution in [3.05, 3.63) is 159 Å². The summed E-state index contributed by atoms with van der Waals surface area (Å²) in [6.45, 7) is 1.03. The number of ether oxygens (including phenoxy) is 3. The first-order valence-electron chi connectivity index (χ1n) is 15.6. The van der Waals surface area contributed by atoms with Crippen LogP contribution in [0.4, 0.5) is 5.88 Å². The number of furan rings is 1. The van der Waals surface area contributed by atoms with Crippen LogP contribution in [0.15, 0.2) is 135 Å². The number of methoxy groups -OCH3 is 2. The zero-order valence-electron chi connectivity index (χ0n) is 26.6. The van der Waals surface area contributed by atoms with Gasteiger partial charge in [-0.25, -0.2) is 4.99 Å². The quantitative estimate of drug-likeness (QED) is 0.142. The van der Waals surface area contributed by atoms with Crippen molar-refractivity contribution in [2.45, 2.75) is 24.9 Å². The molecule has 1 saturated heterocycles. The summed E-state index contributed by atoms with van der Waals surface area (Å²) >= 11 is 0. The third-order valence-corrected chi connectivity index (χ3v) is 8.58. The van der Waals surface area contributed by atoms with E-state index in [0.717, 1.165) is 39.7 Å². The number of rotatable bonds is 12.